The van der Waals surface area contributed by atoms with Crippen molar-refractivity contribution in [1.82, 2.24) is 5.32 Å². The molecule has 19 heavy (non-hydrogen) atoms. The number of hydrogen-bond acceptors (Lipinski definition) is 3. The third-order valence-corrected chi connectivity index (χ3v) is 3.81. The fourth-order valence-corrected chi connectivity index (χ4v) is 2.62. The second-order valence-corrected chi connectivity index (χ2v) is 5.04. The summed E-state index contributed by atoms with van der Waals surface area (Å²) in [4.78, 5) is 2.23. The zero-order chi connectivity index (χ0) is 13.8. The van der Waals surface area contributed by atoms with E-state index in [-0.39, 0.29) is 5.82 Å². The van der Waals surface area contributed by atoms with E-state index in [2.05, 4.69) is 24.1 Å². The molecule has 1 fully saturated rings. The van der Waals surface area contributed by atoms with Crippen LogP contribution in [0.1, 0.15) is 32.3 Å². The molecule has 1 aliphatic heterocycles. The van der Waals surface area contributed by atoms with E-state index in [1.807, 2.05) is 6.07 Å². The van der Waals surface area contributed by atoms with Crippen LogP contribution < -0.4 is 10.2 Å². The van der Waals surface area contributed by atoms with E-state index in [1.165, 1.54) is 12.1 Å². The van der Waals surface area contributed by atoms with Gasteiger partial charge in [-0.2, -0.15) is 5.26 Å². The van der Waals surface area contributed by atoms with Gasteiger partial charge in [-0.05, 0) is 31.0 Å². The largest absolute Gasteiger partial charge is 0.366 e. The number of halogens is 1. The zero-order valence-corrected chi connectivity index (χ0v) is 11.5. The minimum Gasteiger partial charge on any atom is -0.366 e. The number of benzene rings is 1. The van der Waals surface area contributed by atoms with Crippen LogP contribution in [0.15, 0.2) is 18.2 Å². The maximum absolute atomic E-state index is 13.6. The van der Waals surface area contributed by atoms with Gasteiger partial charge < -0.3 is 10.2 Å². The van der Waals surface area contributed by atoms with E-state index in [1.54, 1.807) is 6.07 Å². The number of nitrogens with one attached hydrogen (secondary N) is 1. The summed E-state index contributed by atoms with van der Waals surface area (Å²) in [6.45, 7) is 6.06. The average molecular weight is 261 g/mol. The molecule has 0 saturated carbocycles. The minimum absolute atomic E-state index is 0.338. The summed E-state index contributed by atoms with van der Waals surface area (Å²) in [6, 6.07) is 7.40. The maximum atomic E-state index is 13.6. The molecule has 1 N–H and O–H groups in total. The molecule has 3 nitrogen and oxygen atoms in total. The molecule has 0 aromatic heterocycles. The van der Waals surface area contributed by atoms with E-state index < -0.39 is 0 Å². The Morgan fingerprint density at radius 2 is 2.16 bits per heavy atom. The Morgan fingerprint density at radius 1 is 1.37 bits per heavy atom. The van der Waals surface area contributed by atoms with Crippen LogP contribution in [0.3, 0.4) is 0 Å². The highest BCUT2D eigenvalue weighted by atomic mass is 19.1. The molecule has 2 unspecified atom stereocenters. The van der Waals surface area contributed by atoms with Crippen LogP contribution in [0, 0.1) is 17.1 Å². The average Bonchev–Trinajstić information content (AvgIpc) is 2.45. The number of anilines is 1. The van der Waals surface area contributed by atoms with Gasteiger partial charge in [0.1, 0.15) is 5.82 Å². The summed E-state index contributed by atoms with van der Waals surface area (Å²) in [7, 11) is 0. The first-order valence-corrected chi connectivity index (χ1v) is 6.88. The minimum atomic E-state index is -0.338. The van der Waals surface area contributed by atoms with E-state index in [9.17, 15) is 4.39 Å². The Labute approximate surface area is 114 Å². The van der Waals surface area contributed by atoms with Crippen molar-refractivity contribution in [2.45, 2.75) is 38.8 Å². The molecule has 0 aliphatic carbocycles. The van der Waals surface area contributed by atoms with E-state index in [4.69, 9.17) is 5.26 Å². The van der Waals surface area contributed by atoms with Crippen molar-refractivity contribution in [3.63, 3.8) is 0 Å². The molecule has 2 rings (SSSR count). The number of nitrogens with zero attached hydrogens (tertiary/aromatic N) is 2. The molecule has 1 saturated heterocycles. The van der Waals surface area contributed by atoms with Crippen LogP contribution in [0.4, 0.5) is 10.1 Å². The summed E-state index contributed by atoms with van der Waals surface area (Å²) < 4.78 is 13.6. The monoisotopic (exact) mass is 261 g/mol. The van der Waals surface area contributed by atoms with Crippen molar-refractivity contribution in [3.05, 3.63) is 29.6 Å². The maximum Gasteiger partial charge on any atom is 0.126 e. The van der Waals surface area contributed by atoms with Crippen LogP contribution in [0.5, 0.6) is 0 Å². The number of nitriles is 1. The van der Waals surface area contributed by atoms with Crippen molar-refractivity contribution < 1.29 is 4.39 Å². The van der Waals surface area contributed by atoms with Crippen LogP contribution in [-0.2, 0) is 0 Å². The summed E-state index contributed by atoms with van der Waals surface area (Å²) in [6.07, 6.45) is 2.05. The fraction of sp³-hybridized carbons (Fsp3) is 0.533. The summed E-state index contributed by atoms with van der Waals surface area (Å²) >= 11 is 0. The molecule has 102 valence electrons. The highest BCUT2D eigenvalue weighted by Crippen LogP contribution is 2.24. The number of hydrogen-bond donors (Lipinski definition) is 1. The van der Waals surface area contributed by atoms with Gasteiger partial charge in [-0.3, -0.25) is 0 Å². The molecule has 1 aromatic rings. The second-order valence-electron chi connectivity index (χ2n) is 5.04. The highest BCUT2D eigenvalue weighted by molar-refractivity contribution is 5.53. The Morgan fingerprint density at radius 3 is 2.79 bits per heavy atom. The third kappa shape index (κ3) is 3.05. The molecule has 0 spiro atoms. The Kier molecular flexibility index (Phi) is 4.39. The molecule has 1 heterocycles. The van der Waals surface area contributed by atoms with Crippen molar-refractivity contribution in [3.8, 4) is 6.07 Å². The molecular formula is C15H20FN3. The highest BCUT2D eigenvalue weighted by Gasteiger charge is 2.26. The first-order chi connectivity index (χ1) is 9.17. The van der Waals surface area contributed by atoms with Gasteiger partial charge in [-0.25, -0.2) is 4.39 Å². The van der Waals surface area contributed by atoms with Crippen molar-refractivity contribution in [1.29, 1.82) is 5.26 Å². The molecule has 1 aliphatic rings. The lowest BCUT2D eigenvalue weighted by Crippen LogP contribution is -2.56. The van der Waals surface area contributed by atoms with Crippen molar-refractivity contribution in [2.24, 2.45) is 0 Å². The smallest absolute Gasteiger partial charge is 0.126 e. The molecule has 0 bridgehead atoms. The van der Waals surface area contributed by atoms with Crippen LogP contribution >= 0.6 is 0 Å². The van der Waals surface area contributed by atoms with E-state index in [0.717, 1.165) is 31.6 Å². The normalized spacial score (nSPS) is 23.2. The van der Waals surface area contributed by atoms with Gasteiger partial charge in [0.2, 0.25) is 0 Å². The van der Waals surface area contributed by atoms with Gasteiger partial charge in [0.15, 0.2) is 0 Å². The Balaban J connectivity index is 2.31. The van der Waals surface area contributed by atoms with Crippen LogP contribution in [0.2, 0.25) is 0 Å². The fourth-order valence-electron chi connectivity index (χ4n) is 2.62. The summed E-state index contributed by atoms with van der Waals surface area (Å²) in [5.41, 5.74) is 1.21. The van der Waals surface area contributed by atoms with Crippen LogP contribution in [0.25, 0.3) is 0 Å². The standard InChI is InChI=1S/C15H20FN3/c1-3-13-10-19(14(4-2)9-18-13)15-6-11(8-17)5-12(16)7-15/h5-7,13-14,18H,3-4,9-10H2,1-2H3. The lowest BCUT2D eigenvalue weighted by molar-refractivity contribution is 0.378. The summed E-state index contributed by atoms with van der Waals surface area (Å²) in [5.74, 6) is -0.338. The summed E-state index contributed by atoms with van der Waals surface area (Å²) in [5, 5.41) is 12.5. The van der Waals surface area contributed by atoms with Crippen LogP contribution in [-0.4, -0.2) is 25.2 Å². The molecule has 1 aromatic carbocycles. The third-order valence-electron chi connectivity index (χ3n) is 3.81. The van der Waals surface area contributed by atoms with Gasteiger partial charge in [0.05, 0.1) is 11.6 Å². The predicted octanol–water partition coefficient (Wildman–Crippen LogP) is 2.66. The molecule has 4 heteroatoms. The predicted molar refractivity (Wildman–Crippen MR) is 74.6 cm³/mol. The van der Waals surface area contributed by atoms with Gasteiger partial charge in [0.25, 0.3) is 0 Å². The van der Waals surface area contributed by atoms with Gasteiger partial charge in [-0.15, -0.1) is 0 Å². The Hall–Kier alpha value is -1.60. The topological polar surface area (TPSA) is 39.1 Å². The van der Waals surface area contributed by atoms with E-state index in [0.29, 0.717) is 17.6 Å². The number of piperazine rings is 1. The Bertz CT molecular complexity index is 481. The zero-order valence-electron chi connectivity index (χ0n) is 11.5. The first-order valence-electron chi connectivity index (χ1n) is 6.88. The van der Waals surface area contributed by atoms with Crippen molar-refractivity contribution in [2.75, 3.05) is 18.0 Å². The van der Waals surface area contributed by atoms with Crippen molar-refractivity contribution >= 4 is 5.69 Å². The van der Waals surface area contributed by atoms with Gasteiger partial charge in [0, 0.05) is 30.9 Å². The lowest BCUT2D eigenvalue weighted by Gasteiger charge is -2.41. The number of rotatable bonds is 3. The first kappa shape index (κ1) is 13.8. The SMILES string of the molecule is CCC1CN(c2cc(F)cc(C#N)c2)C(CC)CN1. The quantitative estimate of drug-likeness (QED) is 0.909. The molecule has 0 amide bonds. The van der Waals surface area contributed by atoms with Gasteiger partial charge >= 0.3 is 0 Å². The molecular weight excluding hydrogens is 241 g/mol. The lowest BCUT2D eigenvalue weighted by atomic mass is 10.0. The van der Waals surface area contributed by atoms with Gasteiger partial charge in [-0.1, -0.05) is 13.8 Å². The molecule has 2 atom stereocenters. The van der Waals surface area contributed by atoms with E-state index >= 15 is 0 Å². The second kappa shape index (κ2) is 6.03. The molecule has 0 radical (unpaired) electrons.